The number of nitrogens with one attached hydrogen (secondary N) is 1. The molecule has 0 unspecified atom stereocenters. The van der Waals surface area contributed by atoms with Crippen LogP contribution in [-0.2, 0) is 21.3 Å². The lowest BCUT2D eigenvalue weighted by atomic mass is 10.0. The molecule has 166 valence electrons. The molecule has 0 radical (unpaired) electrons. The molecular formula is C21H30N2O6S. The second kappa shape index (κ2) is 11.1. The third kappa shape index (κ3) is 7.79. The van der Waals surface area contributed by atoms with Gasteiger partial charge in [0, 0.05) is 18.9 Å². The van der Waals surface area contributed by atoms with Crippen molar-refractivity contribution in [2.24, 2.45) is 0 Å². The second-order valence-corrected chi connectivity index (χ2v) is 9.62. The molecule has 1 heterocycles. The molecule has 30 heavy (non-hydrogen) atoms. The van der Waals surface area contributed by atoms with Gasteiger partial charge in [0.15, 0.2) is 9.84 Å². The molecule has 0 saturated carbocycles. The van der Waals surface area contributed by atoms with Crippen LogP contribution < -0.4 is 16.0 Å². The highest BCUT2D eigenvalue weighted by Gasteiger charge is 2.18. The summed E-state index contributed by atoms with van der Waals surface area (Å²) in [7, 11) is -3.27. The number of rotatable bonds is 12. The van der Waals surface area contributed by atoms with E-state index in [9.17, 15) is 18.0 Å². The van der Waals surface area contributed by atoms with E-state index in [1.54, 1.807) is 0 Å². The van der Waals surface area contributed by atoms with E-state index in [4.69, 9.17) is 9.47 Å². The van der Waals surface area contributed by atoms with Gasteiger partial charge in [0.05, 0.1) is 17.6 Å². The Kier molecular flexibility index (Phi) is 8.86. The Morgan fingerprint density at radius 2 is 1.93 bits per heavy atom. The Bertz CT molecular complexity index is 1030. The van der Waals surface area contributed by atoms with Crippen LogP contribution in [0.2, 0.25) is 0 Å². The fraction of sp³-hybridized carbons (Fsp3) is 0.524. The maximum Gasteiger partial charge on any atom is 0.330 e. The number of sulfone groups is 1. The van der Waals surface area contributed by atoms with Crippen LogP contribution in [0.4, 0.5) is 0 Å². The minimum Gasteiger partial charge on any atom is -0.491 e. The molecule has 2 aromatic rings. The number of hydrogen-bond acceptors (Lipinski definition) is 6. The van der Waals surface area contributed by atoms with Crippen molar-refractivity contribution < 1.29 is 17.9 Å². The molecule has 2 atom stereocenters. The van der Waals surface area contributed by atoms with E-state index in [-0.39, 0.29) is 36.9 Å². The largest absolute Gasteiger partial charge is 0.491 e. The molecule has 0 bridgehead atoms. The number of nitrogens with zero attached hydrogens (tertiary/aromatic N) is 1. The van der Waals surface area contributed by atoms with E-state index < -0.39 is 21.1 Å². The lowest BCUT2D eigenvalue weighted by Gasteiger charge is -2.16. The summed E-state index contributed by atoms with van der Waals surface area (Å²) in [5, 5.41) is 0. The smallest absolute Gasteiger partial charge is 0.330 e. The Labute approximate surface area is 176 Å². The molecular weight excluding hydrogens is 408 g/mol. The lowest BCUT2D eigenvalue weighted by Crippen LogP contribution is -2.29. The number of ether oxygens (including phenoxy) is 2. The van der Waals surface area contributed by atoms with Crippen molar-refractivity contribution in [1.29, 1.82) is 0 Å². The predicted molar refractivity (Wildman–Crippen MR) is 116 cm³/mol. The fourth-order valence-electron chi connectivity index (χ4n) is 2.86. The van der Waals surface area contributed by atoms with Crippen LogP contribution in [0.5, 0.6) is 5.75 Å². The summed E-state index contributed by atoms with van der Waals surface area (Å²) in [6, 6.07) is 8.79. The molecule has 2 rings (SSSR count). The molecule has 0 aliphatic rings. The summed E-state index contributed by atoms with van der Waals surface area (Å²) in [6.45, 7) is 6.08. The Balaban J connectivity index is 1.81. The van der Waals surface area contributed by atoms with Gasteiger partial charge in [-0.05, 0) is 43.4 Å². The van der Waals surface area contributed by atoms with E-state index in [0.29, 0.717) is 6.42 Å². The maximum atomic E-state index is 12.5. The molecule has 8 nitrogen and oxygen atoms in total. The molecule has 9 heteroatoms. The van der Waals surface area contributed by atoms with Crippen molar-refractivity contribution in [2.45, 2.75) is 52.4 Å². The van der Waals surface area contributed by atoms with Crippen molar-refractivity contribution in [3.05, 3.63) is 62.9 Å². The first-order valence-electron chi connectivity index (χ1n) is 10.0. The highest BCUT2D eigenvalue weighted by atomic mass is 32.2. The molecule has 1 N–H and O–H groups in total. The van der Waals surface area contributed by atoms with Crippen LogP contribution in [0.1, 0.15) is 45.1 Å². The van der Waals surface area contributed by atoms with Gasteiger partial charge in [0.25, 0.3) is 5.56 Å². The normalized spacial score (nSPS) is 13.7. The molecule has 0 spiro atoms. The number of benzene rings is 1. The zero-order valence-electron chi connectivity index (χ0n) is 17.7. The van der Waals surface area contributed by atoms with Gasteiger partial charge in [-0.3, -0.25) is 14.3 Å². The molecule has 0 aliphatic heterocycles. The van der Waals surface area contributed by atoms with Crippen molar-refractivity contribution >= 4 is 9.84 Å². The van der Waals surface area contributed by atoms with E-state index in [0.717, 1.165) is 17.7 Å². The van der Waals surface area contributed by atoms with E-state index in [1.807, 2.05) is 45.0 Å². The minimum atomic E-state index is -3.27. The third-order valence-electron chi connectivity index (χ3n) is 4.71. The predicted octanol–water partition coefficient (Wildman–Crippen LogP) is 2.30. The first-order valence-corrected chi connectivity index (χ1v) is 11.9. The van der Waals surface area contributed by atoms with Gasteiger partial charge in [-0.1, -0.05) is 26.0 Å². The summed E-state index contributed by atoms with van der Waals surface area (Å²) in [5.74, 6) is 0.633. The van der Waals surface area contributed by atoms with Gasteiger partial charge in [-0.25, -0.2) is 13.2 Å². The SMILES string of the molecule is CC[C@@H](C)Oc1cccc([C@@H](C)CS(=O)(=O)CCCOCn2ccc(=O)[nH]c2=O)c1. The monoisotopic (exact) mass is 438 g/mol. The second-order valence-electron chi connectivity index (χ2n) is 7.40. The van der Waals surface area contributed by atoms with Gasteiger partial charge in [0.1, 0.15) is 12.5 Å². The average molecular weight is 439 g/mol. The summed E-state index contributed by atoms with van der Waals surface area (Å²) in [5.41, 5.74) is -0.120. The first-order chi connectivity index (χ1) is 14.2. The lowest BCUT2D eigenvalue weighted by molar-refractivity contribution is 0.0745. The van der Waals surface area contributed by atoms with E-state index >= 15 is 0 Å². The van der Waals surface area contributed by atoms with Crippen molar-refractivity contribution in [3.8, 4) is 5.75 Å². The van der Waals surface area contributed by atoms with Crippen LogP contribution in [0, 0.1) is 0 Å². The summed E-state index contributed by atoms with van der Waals surface area (Å²) in [4.78, 5) is 24.7. The summed E-state index contributed by atoms with van der Waals surface area (Å²) >= 11 is 0. The van der Waals surface area contributed by atoms with Crippen LogP contribution in [0.25, 0.3) is 0 Å². The number of aromatic amines is 1. The Morgan fingerprint density at radius 1 is 1.17 bits per heavy atom. The Morgan fingerprint density at radius 3 is 2.63 bits per heavy atom. The molecule has 0 aliphatic carbocycles. The fourth-order valence-corrected chi connectivity index (χ4v) is 4.54. The van der Waals surface area contributed by atoms with Gasteiger partial charge in [-0.2, -0.15) is 0 Å². The molecule has 0 amide bonds. The first kappa shape index (κ1) is 23.9. The van der Waals surface area contributed by atoms with Crippen molar-refractivity contribution in [3.63, 3.8) is 0 Å². The maximum absolute atomic E-state index is 12.5. The van der Waals surface area contributed by atoms with Gasteiger partial charge < -0.3 is 9.47 Å². The summed E-state index contributed by atoms with van der Waals surface area (Å²) < 4.78 is 37.3. The van der Waals surface area contributed by atoms with Crippen LogP contribution in [-0.4, -0.2) is 42.2 Å². The highest BCUT2D eigenvalue weighted by Crippen LogP contribution is 2.23. The molecule has 1 aromatic carbocycles. The number of aromatic nitrogens is 2. The standard InChI is InChI=1S/C21H30N2O6S/c1-4-17(3)29-19-8-5-7-18(13-19)16(2)14-30(26,27)12-6-11-28-15-23-10-9-20(24)22-21(23)25/h5,7-10,13,16-17H,4,6,11-12,14-15H2,1-3H3,(H,22,24,25)/t16-,17+/m0/s1. The number of hydrogen-bond donors (Lipinski definition) is 1. The average Bonchev–Trinajstić information content (AvgIpc) is 2.69. The van der Waals surface area contributed by atoms with Crippen molar-refractivity contribution in [2.75, 3.05) is 18.1 Å². The quantitative estimate of drug-likeness (QED) is 0.510. The highest BCUT2D eigenvalue weighted by molar-refractivity contribution is 7.91. The molecule has 0 fully saturated rings. The zero-order chi connectivity index (χ0) is 22.1. The summed E-state index contributed by atoms with van der Waals surface area (Å²) in [6.07, 6.45) is 2.65. The third-order valence-corrected chi connectivity index (χ3v) is 6.63. The van der Waals surface area contributed by atoms with Gasteiger partial charge in [-0.15, -0.1) is 0 Å². The van der Waals surface area contributed by atoms with Crippen LogP contribution in [0.15, 0.2) is 46.1 Å². The Hall–Kier alpha value is -2.39. The van der Waals surface area contributed by atoms with E-state index in [2.05, 4.69) is 4.98 Å². The molecule has 1 aromatic heterocycles. The zero-order valence-corrected chi connectivity index (χ0v) is 18.5. The van der Waals surface area contributed by atoms with Crippen molar-refractivity contribution in [1.82, 2.24) is 9.55 Å². The van der Waals surface area contributed by atoms with Gasteiger partial charge >= 0.3 is 5.69 Å². The van der Waals surface area contributed by atoms with E-state index in [1.165, 1.54) is 16.8 Å². The molecule has 0 saturated heterocycles. The van der Waals surface area contributed by atoms with Gasteiger partial charge in [0.2, 0.25) is 0 Å². The van der Waals surface area contributed by atoms with Crippen LogP contribution in [0.3, 0.4) is 0 Å². The minimum absolute atomic E-state index is 0.000914. The topological polar surface area (TPSA) is 107 Å². The number of H-pyrrole nitrogens is 1. The van der Waals surface area contributed by atoms with Crippen LogP contribution >= 0.6 is 0 Å².